The third-order valence-electron chi connectivity index (χ3n) is 8.53. The van der Waals surface area contributed by atoms with Crippen LogP contribution in [0.4, 0.5) is 22.2 Å². The maximum Gasteiger partial charge on any atom is 0.330 e. The first-order chi connectivity index (χ1) is 22.3. The second-order valence-corrected chi connectivity index (χ2v) is 12.9. The molecule has 6 rings (SSSR count). The van der Waals surface area contributed by atoms with E-state index in [1.807, 2.05) is 5.38 Å². The molecule has 2 aromatic heterocycles. The predicted molar refractivity (Wildman–Crippen MR) is 180 cm³/mol. The summed E-state index contributed by atoms with van der Waals surface area (Å²) in [5.74, 6) is 1.93. The molecular formula is C32H33Cl2N7O4S. The van der Waals surface area contributed by atoms with E-state index in [9.17, 15) is 9.59 Å². The molecule has 46 heavy (non-hydrogen) atoms. The molecule has 0 saturated heterocycles. The van der Waals surface area contributed by atoms with E-state index in [0.29, 0.717) is 40.7 Å². The lowest BCUT2D eigenvalue weighted by Gasteiger charge is -2.39. The number of halogens is 2. The first-order valence-corrected chi connectivity index (χ1v) is 16.4. The van der Waals surface area contributed by atoms with E-state index >= 15 is 0 Å². The molecular weight excluding hydrogens is 649 g/mol. The fourth-order valence-corrected chi connectivity index (χ4v) is 7.54. The number of benzene rings is 1. The number of hydrogen-bond acceptors (Lipinski definition) is 9. The van der Waals surface area contributed by atoms with Crippen LogP contribution in [0.1, 0.15) is 29.8 Å². The summed E-state index contributed by atoms with van der Waals surface area (Å²) in [5.41, 5.74) is 0.931. The third kappa shape index (κ3) is 6.29. The minimum absolute atomic E-state index is 0.0996. The number of nitrogens with zero attached hydrogens (tertiary/aromatic N) is 5. The Kier molecular flexibility index (Phi) is 9.48. The van der Waals surface area contributed by atoms with E-state index in [2.05, 4.69) is 51.5 Å². The number of rotatable bonds is 10. The van der Waals surface area contributed by atoms with Crippen molar-refractivity contribution in [3.63, 3.8) is 0 Å². The fraction of sp³-hybridized carbons (Fsp3) is 0.344. The molecule has 3 amide bonds. The monoisotopic (exact) mass is 681 g/mol. The standard InChI is InChI=1S/C32H33Cl2N7O4S/c1-4-25(42)37-21-10-9-19(18-7-5-6-8-18)13-22(21)38-31-36-15-20-16-40(29-27(33)23(44-2)14-24(45-3)28(29)34)32(43)41(30(20)39-31)17-26-35-11-12-46-26/h4-8,11-12,14-15,18-19,21-22H,1,9-10,13,16-17H2,2-3H3,(H,37,42)(H,36,38,39)/t19?,21-,22+/m0/s1. The van der Waals surface area contributed by atoms with Crippen molar-refractivity contribution in [2.45, 2.75) is 44.4 Å². The predicted octanol–water partition coefficient (Wildman–Crippen LogP) is 6.40. The summed E-state index contributed by atoms with van der Waals surface area (Å²) in [6.07, 6.45) is 15.8. The summed E-state index contributed by atoms with van der Waals surface area (Å²) < 4.78 is 10.9. The second-order valence-electron chi connectivity index (χ2n) is 11.2. The maximum absolute atomic E-state index is 14.3. The highest BCUT2D eigenvalue weighted by Gasteiger charge is 2.38. The summed E-state index contributed by atoms with van der Waals surface area (Å²) in [4.78, 5) is 43.6. The number of amides is 3. The van der Waals surface area contributed by atoms with Gasteiger partial charge in [-0.05, 0) is 37.2 Å². The lowest BCUT2D eigenvalue weighted by Crippen LogP contribution is -2.51. The number of ether oxygens (including phenoxy) is 2. The molecule has 2 aliphatic carbocycles. The highest BCUT2D eigenvalue weighted by molar-refractivity contribution is 7.09. The molecule has 3 atom stereocenters. The summed E-state index contributed by atoms with van der Waals surface area (Å²) in [7, 11) is 2.96. The molecule has 1 saturated carbocycles. The van der Waals surface area contributed by atoms with Gasteiger partial charge in [0.25, 0.3) is 0 Å². The zero-order valence-electron chi connectivity index (χ0n) is 25.3. The van der Waals surface area contributed by atoms with Crippen LogP contribution in [-0.4, -0.2) is 53.2 Å². The van der Waals surface area contributed by atoms with Crippen LogP contribution in [0.5, 0.6) is 11.5 Å². The van der Waals surface area contributed by atoms with Gasteiger partial charge in [-0.2, -0.15) is 4.98 Å². The molecule has 3 aliphatic rings. The number of carbonyl (C=O) groups excluding carboxylic acids is 2. The van der Waals surface area contributed by atoms with Gasteiger partial charge < -0.3 is 20.1 Å². The normalized spacial score (nSPS) is 20.9. The summed E-state index contributed by atoms with van der Waals surface area (Å²) >= 11 is 14.9. The average molecular weight is 683 g/mol. The minimum Gasteiger partial charge on any atom is -0.495 e. The summed E-state index contributed by atoms with van der Waals surface area (Å²) in [5, 5.41) is 9.48. The Bertz CT molecular complexity index is 1660. The van der Waals surface area contributed by atoms with Crippen LogP contribution in [0, 0.1) is 11.8 Å². The molecule has 11 nitrogen and oxygen atoms in total. The Morgan fingerprint density at radius 2 is 1.87 bits per heavy atom. The number of nitrogens with one attached hydrogen (secondary N) is 2. The number of fused-ring (bicyclic) bond motifs is 1. The second kappa shape index (κ2) is 13.7. The summed E-state index contributed by atoms with van der Waals surface area (Å²) in [6, 6.07) is 0.880. The molecule has 3 heterocycles. The van der Waals surface area contributed by atoms with Crippen molar-refractivity contribution in [3.05, 3.63) is 81.4 Å². The first kappa shape index (κ1) is 31.8. The van der Waals surface area contributed by atoms with Crippen LogP contribution < -0.4 is 29.9 Å². The zero-order valence-corrected chi connectivity index (χ0v) is 27.6. The largest absolute Gasteiger partial charge is 0.495 e. The van der Waals surface area contributed by atoms with Crippen molar-refractivity contribution in [1.29, 1.82) is 0 Å². The van der Waals surface area contributed by atoms with Gasteiger partial charge in [-0.3, -0.25) is 14.6 Å². The minimum atomic E-state index is -0.403. The van der Waals surface area contributed by atoms with Crippen molar-refractivity contribution >= 4 is 63.9 Å². The first-order valence-electron chi connectivity index (χ1n) is 14.8. The van der Waals surface area contributed by atoms with Gasteiger partial charge in [-0.1, -0.05) is 54.1 Å². The van der Waals surface area contributed by atoms with E-state index in [-0.39, 0.29) is 46.8 Å². The molecule has 3 aromatic rings. The SMILES string of the molecule is C=CC(=O)N[C@H]1CCC(C2C=CC=C2)C[C@H]1Nc1ncc2c(n1)N(Cc1nccs1)C(=O)N(c1c(Cl)c(OC)cc(OC)c1Cl)C2. The Morgan fingerprint density at radius 1 is 1.13 bits per heavy atom. The Balaban J connectivity index is 1.35. The number of hydrogen-bond donors (Lipinski definition) is 2. The van der Waals surface area contributed by atoms with Gasteiger partial charge in [0.2, 0.25) is 11.9 Å². The zero-order chi connectivity index (χ0) is 32.4. The van der Waals surface area contributed by atoms with Crippen molar-refractivity contribution in [2.24, 2.45) is 11.8 Å². The summed E-state index contributed by atoms with van der Waals surface area (Å²) in [6.45, 7) is 3.88. The molecule has 0 radical (unpaired) electrons. The number of thiazole rings is 1. The smallest absolute Gasteiger partial charge is 0.330 e. The van der Waals surface area contributed by atoms with Gasteiger partial charge in [-0.25, -0.2) is 14.8 Å². The molecule has 1 aromatic carbocycles. The maximum atomic E-state index is 14.3. The Morgan fingerprint density at radius 3 is 2.52 bits per heavy atom. The molecule has 0 spiro atoms. The van der Waals surface area contributed by atoms with Crippen molar-refractivity contribution in [2.75, 3.05) is 29.3 Å². The fourth-order valence-electron chi connectivity index (χ4n) is 6.24. The van der Waals surface area contributed by atoms with Gasteiger partial charge >= 0.3 is 6.03 Å². The van der Waals surface area contributed by atoms with Crippen molar-refractivity contribution in [3.8, 4) is 11.5 Å². The lowest BCUT2D eigenvalue weighted by molar-refractivity contribution is -0.117. The number of urea groups is 1. The van der Waals surface area contributed by atoms with Gasteiger partial charge in [0.1, 0.15) is 32.4 Å². The molecule has 14 heteroatoms. The number of carbonyl (C=O) groups is 2. The van der Waals surface area contributed by atoms with Crippen LogP contribution >= 0.6 is 34.5 Å². The average Bonchev–Trinajstić information content (AvgIpc) is 3.79. The van der Waals surface area contributed by atoms with E-state index < -0.39 is 6.03 Å². The number of aromatic nitrogens is 3. The highest BCUT2D eigenvalue weighted by Crippen LogP contribution is 2.48. The topological polar surface area (TPSA) is 122 Å². The Labute approximate surface area is 280 Å². The number of allylic oxidation sites excluding steroid dienone is 4. The molecule has 1 aliphatic heterocycles. The van der Waals surface area contributed by atoms with Gasteiger partial charge in [0.05, 0.1) is 33.0 Å². The van der Waals surface area contributed by atoms with Crippen LogP contribution in [0.25, 0.3) is 0 Å². The Hall–Kier alpha value is -4.13. The molecule has 1 unspecified atom stereocenters. The highest BCUT2D eigenvalue weighted by atomic mass is 35.5. The van der Waals surface area contributed by atoms with E-state index in [0.717, 1.165) is 24.3 Å². The third-order valence-corrected chi connectivity index (χ3v) is 10.0. The number of methoxy groups -OCH3 is 2. The molecule has 0 bridgehead atoms. The van der Waals surface area contributed by atoms with Crippen LogP contribution in [0.15, 0.2) is 60.8 Å². The van der Waals surface area contributed by atoms with Crippen LogP contribution in [0.2, 0.25) is 10.0 Å². The molecule has 240 valence electrons. The molecule has 1 fully saturated rings. The van der Waals surface area contributed by atoms with Gasteiger partial charge in [-0.15, -0.1) is 11.3 Å². The van der Waals surface area contributed by atoms with Crippen LogP contribution in [0.3, 0.4) is 0 Å². The van der Waals surface area contributed by atoms with Crippen molar-refractivity contribution < 1.29 is 19.1 Å². The van der Waals surface area contributed by atoms with E-state index in [1.54, 1.807) is 18.5 Å². The van der Waals surface area contributed by atoms with Gasteiger partial charge in [0, 0.05) is 41.5 Å². The quantitative estimate of drug-likeness (QED) is 0.236. The van der Waals surface area contributed by atoms with Crippen LogP contribution in [-0.2, 0) is 17.9 Å². The lowest BCUT2D eigenvalue weighted by atomic mass is 9.76. The number of anilines is 3. The van der Waals surface area contributed by atoms with E-state index in [1.165, 1.54) is 41.4 Å². The van der Waals surface area contributed by atoms with E-state index in [4.69, 9.17) is 37.7 Å². The van der Waals surface area contributed by atoms with Gasteiger partial charge in [0.15, 0.2) is 0 Å². The van der Waals surface area contributed by atoms with Crippen molar-refractivity contribution in [1.82, 2.24) is 20.3 Å². The molecule has 2 N–H and O–H groups in total.